The van der Waals surface area contributed by atoms with Gasteiger partial charge in [-0.3, -0.25) is 9.59 Å². The van der Waals surface area contributed by atoms with Gasteiger partial charge < -0.3 is 14.8 Å². The summed E-state index contributed by atoms with van der Waals surface area (Å²) in [5, 5.41) is 2.75. The van der Waals surface area contributed by atoms with Gasteiger partial charge in [0.2, 0.25) is 0 Å². The second-order valence-corrected chi connectivity index (χ2v) is 7.68. The van der Waals surface area contributed by atoms with Gasteiger partial charge >= 0.3 is 0 Å². The van der Waals surface area contributed by atoms with Crippen molar-refractivity contribution in [1.82, 2.24) is 4.98 Å². The number of hydrogen-bond acceptors (Lipinski definition) is 5. The minimum Gasteiger partial charge on any atom is -0.489 e. The molecule has 1 amide bonds. The molecule has 0 radical (unpaired) electrons. The molecule has 4 rings (SSSR count). The first-order valence-electron chi connectivity index (χ1n) is 11.8. The van der Waals surface area contributed by atoms with Gasteiger partial charge in [0.1, 0.15) is 30.5 Å². The van der Waals surface area contributed by atoms with Crippen molar-refractivity contribution < 1.29 is 19.1 Å². The van der Waals surface area contributed by atoms with Crippen molar-refractivity contribution in [1.29, 1.82) is 0 Å². The topological polar surface area (TPSA) is 77.5 Å². The van der Waals surface area contributed by atoms with E-state index in [1.54, 1.807) is 30.3 Å². The van der Waals surface area contributed by atoms with E-state index in [4.69, 9.17) is 9.47 Å². The zero-order chi connectivity index (χ0) is 25.8. The van der Waals surface area contributed by atoms with Crippen LogP contribution in [-0.2, 0) is 13.2 Å². The lowest BCUT2D eigenvalue weighted by Gasteiger charge is -2.13. The largest absolute Gasteiger partial charge is 0.489 e. The average Bonchev–Trinajstić information content (AvgIpc) is 2.93. The van der Waals surface area contributed by atoms with Crippen LogP contribution in [-0.4, -0.2) is 16.7 Å². The van der Waals surface area contributed by atoms with E-state index in [9.17, 15) is 9.59 Å². The SMILES string of the molecule is CC.CC(=O)c1ccc(NC(=O)c2cc(OCc3ccccc3)cc(OCc3ccccc3)c2)nc1. The molecule has 184 valence electrons. The van der Waals surface area contributed by atoms with Crippen molar-refractivity contribution in [3.05, 3.63) is 119 Å². The fourth-order valence-corrected chi connectivity index (χ4v) is 3.22. The maximum Gasteiger partial charge on any atom is 0.257 e. The second-order valence-electron chi connectivity index (χ2n) is 7.68. The Hall–Kier alpha value is -4.45. The van der Waals surface area contributed by atoms with Gasteiger partial charge in [-0.1, -0.05) is 74.5 Å². The molecule has 3 aromatic carbocycles. The van der Waals surface area contributed by atoms with Gasteiger partial charge in [-0.25, -0.2) is 4.98 Å². The molecular formula is C30H30N2O4. The van der Waals surface area contributed by atoms with E-state index >= 15 is 0 Å². The fraction of sp³-hybridized carbons (Fsp3) is 0.167. The van der Waals surface area contributed by atoms with Crippen LogP contribution >= 0.6 is 0 Å². The maximum absolute atomic E-state index is 13.0. The molecule has 0 saturated heterocycles. The molecule has 0 spiro atoms. The van der Waals surface area contributed by atoms with Crippen molar-refractivity contribution in [2.75, 3.05) is 5.32 Å². The Morgan fingerprint density at radius 2 is 1.25 bits per heavy atom. The molecule has 0 aliphatic heterocycles. The number of rotatable bonds is 9. The number of ketones is 1. The number of benzene rings is 3. The minimum atomic E-state index is -0.363. The van der Waals surface area contributed by atoms with E-state index < -0.39 is 0 Å². The number of nitrogens with zero attached hydrogens (tertiary/aromatic N) is 1. The van der Waals surface area contributed by atoms with Crippen LogP contribution in [0.4, 0.5) is 5.82 Å². The number of nitrogens with one attached hydrogen (secondary N) is 1. The number of ether oxygens (including phenoxy) is 2. The molecule has 6 heteroatoms. The first-order chi connectivity index (χ1) is 17.6. The standard InChI is InChI=1S/C28H24N2O4.C2H6/c1-20(31)23-12-13-27(29-17-23)30-28(32)24-14-25(33-18-21-8-4-2-5-9-21)16-26(15-24)34-19-22-10-6-3-7-11-22;1-2/h2-17H,18-19H2,1H3,(H,29,30,32);1-2H3. The summed E-state index contributed by atoms with van der Waals surface area (Å²) in [6, 6.07) is 27.9. The Morgan fingerprint density at radius 3 is 1.69 bits per heavy atom. The molecule has 36 heavy (non-hydrogen) atoms. The summed E-state index contributed by atoms with van der Waals surface area (Å²) >= 11 is 0. The van der Waals surface area contributed by atoms with Crippen LogP contribution in [0.3, 0.4) is 0 Å². The smallest absolute Gasteiger partial charge is 0.257 e. The third-order valence-corrected chi connectivity index (χ3v) is 5.05. The predicted molar refractivity (Wildman–Crippen MR) is 142 cm³/mol. The number of Topliss-reactive ketones (excluding diaryl/α,β-unsaturated/α-hetero) is 1. The van der Waals surface area contributed by atoms with Crippen molar-refractivity contribution in [2.24, 2.45) is 0 Å². The summed E-state index contributed by atoms with van der Waals surface area (Å²) in [4.78, 5) is 28.6. The van der Waals surface area contributed by atoms with Gasteiger partial charge in [-0.15, -0.1) is 0 Å². The normalized spacial score (nSPS) is 9.97. The number of pyridine rings is 1. The van der Waals surface area contributed by atoms with Crippen LogP contribution in [0.15, 0.2) is 97.2 Å². The van der Waals surface area contributed by atoms with Crippen molar-refractivity contribution in [2.45, 2.75) is 34.0 Å². The highest BCUT2D eigenvalue weighted by Gasteiger charge is 2.12. The summed E-state index contributed by atoms with van der Waals surface area (Å²) in [5.41, 5.74) is 2.87. The van der Waals surface area contributed by atoms with Crippen LogP contribution in [0, 0.1) is 0 Å². The lowest BCUT2D eigenvalue weighted by Crippen LogP contribution is -2.13. The molecule has 0 atom stereocenters. The van der Waals surface area contributed by atoms with E-state index in [0.717, 1.165) is 11.1 Å². The van der Waals surface area contributed by atoms with Crippen LogP contribution in [0.2, 0.25) is 0 Å². The van der Waals surface area contributed by atoms with E-state index in [1.807, 2.05) is 74.5 Å². The first-order valence-corrected chi connectivity index (χ1v) is 11.8. The lowest BCUT2D eigenvalue weighted by molar-refractivity contribution is 0.101. The third-order valence-electron chi connectivity index (χ3n) is 5.05. The van der Waals surface area contributed by atoms with Crippen molar-refractivity contribution in [3.8, 4) is 11.5 Å². The summed E-state index contributed by atoms with van der Waals surface area (Å²) in [6.45, 7) is 6.18. The highest BCUT2D eigenvalue weighted by atomic mass is 16.5. The van der Waals surface area contributed by atoms with Crippen LogP contribution in [0.5, 0.6) is 11.5 Å². The highest BCUT2D eigenvalue weighted by molar-refractivity contribution is 6.04. The van der Waals surface area contributed by atoms with Crippen molar-refractivity contribution in [3.63, 3.8) is 0 Å². The summed E-state index contributed by atoms with van der Waals surface area (Å²) < 4.78 is 11.9. The Morgan fingerprint density at radius 1 is 0.722 bits per heavy atom. The minimum absolute atomic E-state index is 0.0890. The van der Waals surface area contributed by atoms with Crippen LogP contribution in [0.25, 0.3) is 0 Å². The Balaban J connectivity index is 0.00000176. The Kier molecular flexibility index (Phi) is 9.77. The predicted octanol–water partition coefficient (Wildman–Crippen LogP) is 6.72. The van der Waals surface area contributed by atoms with Gasteiger partial charge in [0, 0.05) is 23.4 Å². The third kappa shape index (κ3) is 7.81. The Labute approximate surface area is 211 Å². The van der Waals surface area contributed by atoms with Gasteiger partial charge in [-0.05, 0) is 42.3 Å². The molecule has 1 heterocycles. The lowest BCUT2D eigenvalue weighted by atomic mass is 10.1. The summed E-state index contributed by atoms with van der Waals surface area (Å²) in [6.07, 6.45) is 1.44. The monoisotopic (exact) mass is 482 g/mol. The molecule has 0 aliphatic rings. The van der Waals surface area contributed by atoms with Gasteiger partial charge in [0.25, 0.3) is 5.91 Å². The van der Waals surface area contributed by atoms with Crippen LogP contribution < -0.4 is 14.8 Å². The highest BCUT2D eigenvalue weighted by Crippen LogP contribution is 2.25. The number of carbonyl (C=O) groups is 2. The van der Waals surface area contributed by atoms with Gasteiger partial charge in [-0.2, -0.15) is 0 Å². The molecule has 1 N–H and O–H groups in total. The van der Waals surface area contributed by atoms with Gasteiger partial charge in [0.05, 0.1) is 0 Å². The number of carbonyl (C=O) groups excluding carboxylic acids is 2. The zero-order valence-electron chi connectivity index (χ0n) is 20.7. The van der Waals surface area contributed by atoms with E-state index in [2.05, 4.69) is 10.3 Å². The quantitative estimate of drug-likeness (QED) is 0.268. The van der Waals surface area contributed by atoms with E-state index in [1.165, 1.54) is 13.1 Å². The molecule has 0 unspecified atom stereocenters. The second kappa shape index (κ2) is 13.4. The molecule has 4 aromatic rings. The van der Waals surface area contributed by atoms with E-state index in [-0.39, 0.29) is 11.7 Å². The molecule has 0 saturated carbocycles. The number of anilines is 1. The first kappa shape index (κ1) is 26.2. The number of amides is 1. The number of hydrogen-bond donors (Lipinski definition) is 1. The average molecular weight is 483 g/mol. The fourth-order valence-electron chi connectivity index (χ4n) is 3.22. The zero-order valence-corrected chi connectivity index (χ0v) is 20.7. The Bertz CT molecular complexity index is 1200. The van der Waals surface area contributed by atoms with Crippen molar-refractivity contribution >= 4 is 17.5 Å². The molecule has 0 aliphatic carbocycles. The summed E-state index contributed by atoms with van der Waals surface area (Å²) in [5.74, 6) is 0.919. The molecular weight excluding hydrogens is 452 g/mol. The number of aromatic nitrogens is 1. The summed E-state index contributed by atoms with van der Waals surface area (Å²) in [7, 11) is 0. The molecule has 0 bridgehead atoms. The van der Waals surface area contributed by atoms with Gasteiger partial charge in [0.15, 0.2) is 5.78 Å². The van der Waals surface area contributed by atoms with Crippen LogP contribution in [0.1, 0.15) is 52.6 Å². The molecule has 6 nitrogen and oxygen atoms in total. The maximum atomic E-state index is 13.0. The molecule has 1 aromatic heterocycles. The molecule has 0 fully saturated rings. The van der Waals surface area contributed by atoms with E-state index in [0.29, 0.717) is 41.7 Å².